The van der Waals surface area contributed by atoms with Gasteiger partial charge < -0.3 is 5.32 Å². The maximum atomic E-state index is 12.5. The highest BCUT2D eigenvalue weighted by Crippen LogP contribution is 2.28. The van der Waals surface area contributed by atoms with Gasteiger partial charge in [-0.3, -0.25) is 9.10 Å². The first-order chi connectivity index (χ1) is 11.7. The van der Waals surface area contributed by atoms with E-state index in [0.29, 0.717) is 11.3 Å². The molecule has 134 valence electrons. The first-order valence-corrected chi connectivity index (χ1v) is 10.6. The van der Waals surface area contributed by atoms with Gasteiger partial charge in [-0.1, -0.05) is 19.1 Å². The molecule has 2 rings (SSSR count). The highest BCUT2D eigenvalue weighted by Gasteiger charge is 2.16. The molecule has 1 amide bonds. The highest BCUT2D eigenvalue weighted by molar-refractivity contribution is 7.99. The smallest absolute Gasteiger partial charge is 0.255 e. The lowest BCUT2D eigenvalue weighted by molar-refractivity contribution is 0.102. The molecule has 2 aromatic rings. The molecule has 1 N–H and O–H groups in total. The van der Waals surface area contributed by atoms with Crippen LogP contribution in [0.2, 0.25) is 0 Å². The van der Waals surface area contributed by atoms with Gasteiger partial charge in [0.25, 0.3) is 5.91 Å². The molecule has 25 heavy (non-hydrogen) atoms. The van der Waals surface area contributed by atoms with Crippen LogP contribution in [0, 0.1) is 6.92 Å². The fraction of sp³-hybridized carbons (Fsp3) is 0.278. The predicted molar refractivity (Wildman–Crippen MR) is 105 cm³/mol. The number of para-hydroxylation sites is 1. The van der Waals surface area contributed by atoms with E-state index in [1.165, 1.54) is 11.4 Å². The second kappa shape index (κ2) is 7.93. The Balaban J connectivity index is 2.25. The molecule has 0 saturated carbocycles. The second-order valence-corrected chi connectivity index (χ2v) is 8.93. The molecule has 0 fully saturated rings. The van der Waals surface area contributed by atoms with Crippen molar-refractivity contribution in [3.63, 3.8) is 0 Å². The zero-order valence-corrected chi connectivity index (χ0v) is 16.4. The number of nitrogens with one attached hydrogen (secondary N) is 1. The minimum Gasteiger partial charge on any atom is -0.321 e. The number of carbonyl (C=O) groups excluding carboxylic acids is 1. The van der Waals surface area contributed by atoms with E-state index in [-0.39, 0.29) is 5.91 Å². The number of nitrogens with zero attached hydrogens (tertiary/aromatic N) is 1. The molecule has 0 heterocycles. The van der Waals surface area contributed by atoms with Gasteiger partial charge in [0.05, 0.1) is 17.6 Å². The summed E-state index contributed by atoms with van der Waals surface area (Å²) in [4.78, 5) is 13.6. The number of hydrogen-bond acceptors (Lipinski definition) is 4. The molecule has 0 spiro atoms. The number of amides is 1. The Morgan fingerprint density at radius 1 is 1.20 bits per heavy atom. The van der Waals surface area contributed by atoms with Gasteiger partial charge in [0.15, 0.2) is 0 Å². The van der Waals surface area contributed by atoms with E-state index >= 15 is 0 Å². The molecule has 0 aliphatic heterocycles. The third-order valence-corrected chi connectivity index (χ3v) is 5.88. The molecule has 0 unspecified atom stereocenters. The van der Waals surface area contributed by atoms with Gasteiger partial charge in [-0.15, -0.1) is 11.8 Å². The van der Waals surface area contributed by atoms with Crippen LogP contribution in [0.15, 0.2) is 47.4 Å². The van der Waals surface area contributed by atoms with Crippen molar-refractivity contribution in [2.24, 2.45) is 0 Å². The van der Waals surface area contributed by atoms with Crippen LogP contribution in [-0.2, 0) is 10.0 Å². The maximum absolute atomic E-state index is 12.5. The van der Waals surface area contributed by atoms with Crippen molar-refractivity contribution in [1.82, 2.24) is 0 Å². The zero-order chi connectivity index (χ0) is 18.6. The van der Waals surface area contributed by atoms with Crippen molar-refractivity contribution in [1.29, 1.82) is 0 Å². The SMILES string of the molecule is CCSc1ccccc1NC(=O)c1ccc(N(C)S(C)(=O)=O)c(C)c1. The normalized spacial score (nSPS) is 11.2. The minimum atomic E-state index is -3.34. The van der Waals surface area contributed by atoms with Gasteiger partial charge in [0.2, 0.25) is 10.0 Å². The van der Waals surface area contributed by atoms with Crippen LogP contribution in [0.1, 0.15) is 22.8 Å². The van der Waals surface area contributed by atoms with Crippen molar-refractivity contribution >= 4 is 39.1 Å². The zero-order valence-electron chi connectivity index (χ0n) is 14.7. The topological polar surface area (TPSA) is 66.5 Å². The predicted octanol–water partition coefficient (Wildman–Crippen LogP) is 3.76. The lowest BCUT2D eigenvalue weighted by Crippen LogP contribution is -2.25. The fourth-order valence-corrected chi connectivity index (χ4v) is 3.70. The number of anilines is 2. The van der Waals surface area contributed by atoms with Crippen LogP contribution >= 0.6 is 11.8 Å². The van der Waals surface area contributed by atoms with E-state index < -0.39 is 10.0 Å². The summed E-state index contributed by atoms with van der Waals surface area (Å²) in [6, 6.07) is 12.6. The summed E-state index contributed by atoms with van der Waals surface area (Å²) in [5, 5.41) is 2.93. The summed E-state index contributed by atoms with van der Waals surface area (Å²) in [7, 11) is -1.85. The third-order valence-electron chi connectivity index (χ3n) is 3.73. The first-order valence-electron chi connectivity index (χ1n) is 7.81. The van der Waals surface area contributed by atoms with Crippen LogP contribution in [0.4, 0.5) is 11.4 Å². The van der Waals surface area contributed by atoms with Crippen LogP contribution in [0.25, 0.3) is 0 Å². The van der Waals surface area contributed by atoms with E-state index in [1.807, 2.05) is 24.3 Å². The third kappa shape index (κ3) is 4.76. The maximum Gasteiger partial charge on any atom is 0.255 e. The van der Waals surface area contributed by atoms with Crippen molar-refractivity contribution in [3.05, 3.63) is 53.6 Å². The van der Waals surface area contributed by atoms with Gasteiger partial charge >= 0.3 is 0 Å². The van der Waals surface area contributed by atoms with Crippen LogP contribution in [0.3, 0.4) is 0 Å². The Hall–Kier alpha value is -1.99. The molecule has 0 saturated heterocycles. The first kappa shape index (κ1) is 19.3. The number of aryl methyl sites for hydroxylation is 1. The summed E-state index contributed by atoms with van der Waals surface area (Å²) in [5.41, 5.74) is 2.53. The lowest BCUT2D eigenvalue weighted by atomic mass is 10.1. The number of thioether (sulfide) groups is 1. The lowest BCUT2D eigenvalue weighted by Gasteiger charge is -2.19. The molecule has 5 nitrogen and oxygen atoms in total. The second-order valence-electron chi connectivity index (χ2n) is 5.62. The molecular weight excluding hydrogens is 356 g/mol. The van der Waals surface area contributed by atoms with E-state index in [9.17, 15) is 13.2 Å². The highest BCUT2D eigenvalue weighted by atomic mass is 32.2. The van der Waals surface area contributed by atoms with Crippen molar-refractivity contribution in [2.75, 3.05) is 28.7 Å². The molecule has 0 aliphatic carbocycles. The van der Waals surface area contributed by atoms with Crippen LogP contribution in [0.5, 0.6) is 0 Å². The Morgan fingerprint density at radius 2 is 1.88 bits per heavy atom. The Kier molecular flexibility index (Phi) is 6.13. The average molecular weight is 379 g/mol. The van der Waals surface area contributed by atoms with E-state index in [4.69, 9.17) is 0 Å². The molecule has 0 bridgehead atoms. The van der Waals surface area contributed by atoms with Crippen molar-refractivity contribution < 1.29 is 13.2 Å². The van der Waals surface area contributed by atoms with Gasteiger partial charge in [0.1, 0.15) is 0 Å². The van der Waals surface area contributed by atoms with Gasteiger partial charge in [0, 0.05) is 17.5 Å². The van der Waals surface area contributed by atoms with E-state index in [2.05, 4.69) is 12.2 Å². The average Bonchev–Trinajstić information content (AvgIpc) is 2.55. The van der Waals surface area contributed by atoms with Crippen molar-refractivity contribution in [2.45, 2.75) is 18.7 Å². The molecule has 7 heteroatoms. The van der Waals surface area contributed by atoms with Gasteiger partial charge in [-0.25, -0.2) is 8.42 Å². The number of hydrogen-bond donors (Lipinski definition) is 1. The minimum absolute atomic E-state index is 0.221. The Bertz CT molecular complexity index is 880. The molecule has 0 radical (unpaired) electrons. The van der Waals surface area contributed by atoms with Gasteiger partial charge in [-0.2, -0.15) is 0 Å². The quantitative estimate of drug-likeness (QED) is 0.778. The number of rotatable bonds is 6. The summed E-state index contributed by atoms with van der Waals surface area (Å²) in [5.74, 6) is 0.694. The monoisotopic (exact) mass is 378 g/mol. The van der Waals surface area contributed by atoms with Crippen molar-refractivity contribution in [3.8, 4) is 0 Å². The standard InChI is InChI=1S/C18H22N2O3S2/c1-5-24-17-9-7-6-8-15(17)19-18(21)14-10-11-16(13(2)12-14)20(3)25(4,22)23/h6-12H,5H2,1-4H3,(H,19,21). The number of carbonyl (C=O) groups is 1. The Morgan fingerprint density at radius 3 is 2.48 bits per heavy atom. The van der Waals surface area contributed by atoms with E-state index in [0.717, 1.165) is 28.2 Å². The number of sulfonamides is 1. The van der Waals surface area contributed by atoms with Crippen LogP contribution < -0.4 is 9.62 Å². The Labute approximate surface area is 153 Å². The molecule has 0 aromatic heterocycles. The van der Waals surface area contributed by atoms with Crippen LogP contribution in [-0.4, -0.2) is 33.4 Å². The number of benzene rings is 2. The summed E-state index contributed by atoms with van der Waals surface area (Å²) >= 11 is 1.66. The van der Waals surface area contributed by atoms with Gasteiger partial charge in [-0.05, 0) is 48.6 Å². The molecular formula is C18H22N2O3S2. The summed E-state index contributed by atoms with van der Waals surface area (Å²) in [6.07, 6.45) is 1.15. The molecule has 0 atom stereocenters. The fourth-order valence-electron chi connectivity index (χ4n) is 2.37. The largest absolute Gasteiger partial charge is 0.321 e. The summed E-state index contributed by atoms with van der Waals surface area (Å²) in [6.45, 7) is 3.85. The molecule has 0 aliphatic rings. The van der Waals surface area contributed by atoms with E-state index in [1.54, 1.807) is 36.9 Å². The summed E-state index contributed by atoms with van der Waals surface area (Å²) < 4.78 is 24.6. The molecule has 2 aromatic carbocycles.